The molecule has 3 nitrogen and oxygen atoms in total. The van der Waals surface area contributed by atoms with Gasteiger partial charge in [0.2, 0.25) is 0 Å². The lowest BCUT2D eigenvalue weighted by Gasteiger charge is -2.21. The molecule has 2 unspecified atom stereocenters. The summed E-state index contributed by atoms with van der Waals surface area (Å²) in [5.74, 6) is -0.977. The van der Waals surface area contributed by atoms with E-state index in [1.807, 2.05) is 24.3 Å². The van der Waals surface area contributed by atoms with Gasteiger partial charge in [-0.1, -0.05) is 81.8 Å². The van der Waals surface area contributed by atoms with E-state index < -0.39 is 12.0 Å². The molecule has 130 valence electrons. The van der Waals surface area contributed by atoms with Gasteiger partial charge in [-0.15, -0.1) is 0 Å². The normalized spacial score (nSPS) is 13.6. The number of unbranched alkanes of at least 4 members (excludes halogenated alkanes) is 4. The fraction of sp³-hybridized carbons (Fsp3) is 0.611. The molecule has 23 heavy (non-hydrogen) atoms. The van der Waals surface area contributed by atoms with Gasteiger partial charge in [-0.3, -0.25) is 4.79 Å². The molecule has 0 aromatic heterocycles. The van der Waals surface area contributed by atoms with Crippen LogP contribution in [0.1, 0.15) is 55.6 Å². The number of carbonyl (C=O) groups is 1. The number of esters is 1. The molecule has 0 aliphatic heterocycles. The molecule has 0 aliphatic rings. The summed E-state index contributed by atoms with van der Waals surface area (Å²) in [6.45, 7) is 0. The zero-order valence-corrected chi connectivity index (χ0v) is 16.8. The summed E-state index contributed by atoms with van der Waals surface area (Å²) >= 11 is 6.83. The summed E-state index contributed by atoms with van der Waals surface area (Å²) in [5.41, 5.74) is 1.95. The first-order valence-corrected chi connectivity index (χ1v) is 10.3. The lowest BCUT2D eigenvalue weighted by atomic mass is 9.89. The first kappa shape index (κ1) is 20.7. The summed E-state index contributed by atoms with van der Waals surface area (Å²) in [6.07, 6.45) is 5.49. The van der Waals surface area contributed by atoms with Gasteiger partial charge in [0.25, 0.3) is 0 Å². The monoisotopic (exact) mass is 448 g/mol. The molecule has 0 bridgehead atoms. The highest BCUT2D eigenvalue weighted by Gasteiger charge is 2.29. The molecule has 0 saturated carbocycles. The topological polar surface area (TPSA) is 46.5 Å². The van der Waals surface area contributed by atoms with E-state index in [-0.39, 0.29) is 5.97 Å². The largest absolute Gasteiger partial charge is 0.468 e. The second kappa shape index (κ2) is 12.0. The predicted molar refractivity (Wildman–Crippen MR) is 101 cm³/mol. The minimum atomic E-state index is -0.701. The van der Waals surface area contributed by atoms with Crippen LogP contribution in [0.5, 0.6) is 0 Å². The number of carbonyl (C=O) groups excluding carboxylic acids is 1. The van der Waals surface area contributed by atoms with Gasteiger partial charge in [-0.25, -0.2) is 0 Å². The average molecular weight is 450 g/mol. The number of benzene rings is 1. The van der Waals surface area contributed by atoms with Crippen LogP contribution in [0.15, 0.2) is 24.3 Å². The van der Waals surface area contributed by atoms with Crippen molar-refractivity contribution in [3.8, 4) is 0 Å². The Kier molecular flexibility index (Phi) is 10.8. The number of aliphatic hydroxyl groups is 1. The molecule has 1 N–H and O–H groups in total. The third-order valence-electron chi connectivity index (χ3n) is 3.97. The van der Waals surface area contributed by atoms with Crippen LogP contribution >= 0.6 is 31.9 Å². The van der Waals surface area contributed by atoms with E-state index in [2.05, 4.69) is 31.9 Å². The molecule has 0 amide bonds. The quantitative estimate of drug-likeness (QED) is 0.296. The molecule has 1 aromatic rings. The Labute approximate surface area is 156 Å². The number of alkyl halides is 2. The average Bonchev–Trinajstić information content (AvgIpc) is 2.58. The fourth-order valence-corrected chi connectivity index (χ4v) is 3.37. The number of hydrogen-bond acceptors (Lipinski definition) is 3. The van der Waals surface area contributed by atoms with Gasteiger partial charge < -0.3 is 9.84 Å². The lowest BCUT2D eigenvalue weighted by molar-refractivity contribution is -0.145. The number of ether oxygens (including phenoxy) is 1. The zero-order valence-electron chi connectivity index (χ0n) is 13.6. The van der Waals surface area contributed by atoms with E-state index >= 15 is 0 Å². The maximum Gasteiger partial charge on any atom is 0.315 e. The van der Waals surface area contributed by atoms with Crippen LogP contribution in [-0.2, 0) is 14.9 Å². The minimum Gasteiger partial charge on any atom is -0.468 e. The van der Waals surface area contributed by atoms with E-state index in [4.69, 9.17) is 4.74 Å². The van der Waals surface area contributed by atoms with Crippen LogP contribution in [-0.4, -0.2) is 29.6 Å². The first-order valence-electron chi connectivity index (χ1n) is 8.10. The zero-order chi connectivity index (χ0) is 17.1. The van der Waals surface area contributed by atoms with E-state index in [0.29, 0.717) is 6.42 Å². The molecule has 0 saturated heterocycles. The van der Waals surface area contributed by atoms with Crippen LogP contribution in [0.3, 0.4) is 0 Å². The molecule has 1 rings (SSSR count). The van der Waals surface area contributed by atoms with Gasteiger partial charge in [0.05, 0.1) is 13.2 Å². The Balaban J connectivity index is 2.60. The smallest absolute Gasteiger partial charge is 0.315 e. The molecule has 5 heteroatoms. The first-order chi connectivity index (χ1) is 11.1. The van der Waals surface area contributed by atoms with Crippen molar-refractivity contribution in [3.05, 3.63) is 35.4 Å². The maximum absolute atomic E-state index is 12.1. The maximum atomic E-state index is 12.1. The third-order valence-corrected chi connectivity index (χ3v) is 5.17. The molecule has 0 heterocycles. The van der Waals surface area contributed by atoms with E-state index in [9.17, 15) is 9.90 Å². The number of rotatable bonds is 11. The predicted octanol–water partition coefficient (Wildman–Crippen LogP) is 4.93. The van der Waals surface area contributed by atoms with E-state index in [0.717, 1.165) is 34.6 Å². The second-order valence-electron chi connectivity index (χ2n) is 5.69. The summed E-state index contributed by atoms with van der Waals surface area (Å²) in [5, 5.41) is 12.3. The Morgan fingerprint density at radius 3 is 2.26 bits per heavy atom. The van der Waals surface area contributed by atoms with Crippen molar-refractivity contribution in [2.75, 3.05) is 12.4 Å². The highest BCUT2D eigenvalue weighted by molar-refractivity contribution is 9.09. The van der Waals surface area contributed by atoms with Crippen molar-refractivity contribution in [1.29, 1.82) is 0 Å². The molecular formula is C18H26Br2O3. The Hall–Kier alpha value is -0.390. The summed E-state index contributed by atoms with van der Waals surface area (Å²) in [4.78, 5) is 12.1. The molecule has 2 atom stereocenters. The molecule has 1 aromatic carbocycles. The molecule has 0 radical (unpaired) electrons. The van der Waals surface area contributed by atoms with Crippen molar-refractivity contribution in [1.82, 2.24) is 0 Å². The van der Waals surface area contributed by atoms with E-state index in [1.54, 1.807) is 0 Å². The summed E-state index contributed by atoms with van der Waals surface area (Å²) < 4.78 is 4.89. The number of aliphatic hydroxyl groups excluding tert-OH is 1. The van der Waals surface area contributed by atoms with Crippen LogP contribution < -0.4 is 0 Å². The van der Waals surface area contributed by atoms with E-state index in [1.165, 1.54) is 26.4 Å². The van der Waals surface area contributed by atoms with Gasteiger partial charge in [-0.05, 0) is 24.0 Å². The van der Waals surface area contributed by atoms with Crippen molar-refractivity contribution in [3.63, 3.8) is 0 Å². The van der Waals surface area contributed by atoms with Crippen molar-refractivity contribution in [2.45, 2.75) is 55.9 Å². The van der Waals surface area contributed by atoms with Crippen LogP contribution in [0.2, 0.25) is 0 Å². The number of halogens is 2. The molecule has 0 fully saturated rings. The highest BCUT2D eigenvalue weighted by Crippen LogP contribution is 2.26. The molecular weight excluding hydrogens is 424 g/mol. The van der Waals surface area contributed by atoms with Gasteiger partial charge in [0, 0.05) is 10.7 Å². The third kappa shape index (κ3) is 7.36. The molecule has 0 aliphatic carbocycles. The second-order valence-corrected chi connectivity index (χ2v) is 7.04. The number of methoxy groups -OCH3 is 1. The van der Waals surface area contributed by atoms with Gasteiger partial charge in [0.1, 0.15) is 5.92 Å². The minimum absolute atomic E-state index is 0.372. The molecule has 0 spiro atoms. The lowest BCUT2D eigenvalue weighted by Crippen LogP contribution is -2.27. The van der Waals surface area contributed by atoms with Crippen LogP contribution in [0, 0.1) is 0 Å². The SMILES string of the molecule is COC(=O)C(c1ccc(CBr)cc1)C(O)CCCCCCCBr. The Morgan fingerprint density at radius 1 is 1.09 bits per heavy atom. The van der Waals surface area contributed by atoms with Gasteiger partial charge in [-0.2, -0.15) is 0 Å². The fourth-order valence-electron chi connectivity index (χ4n) is 2.60. The van der Waals surface area contributed by atoms with Crippen LogP contribution in [0.4, 0.5) is 0 Å². The van der Waals surface area contributed by atoms with Gasteiger partial charge >= 0.3 is 5.97 Å². The summed E-state index contributed by atoms with van der Waals surface area (Å²) in [7, 11) is 1.37. The standard InChI is InChI=1S/C18H26Br2O3/c1-23-18(22)17(15-10-8-14(13-20)9-11-15)16(21)7-5-3-2-4-6-12-19/h8-11,16-17,21H,2-7,12-13H2,1H3. The summed E-state index contributed by atoms with van der Waals surface area (Å²) in [6, 6.07) is 7.73. The Bertz CT molecular complexity index is 448. The highest BCUT2D eigenvalue weighted by atomic mass is 79.9. The van der Waals surface area contributed by atoms with Gasteiger partial charge in [0.15, 0.2) is 0 Å². The van der Waals surface area contributed by atoms with Crippen molar-refractivity contribution < 1.29 is 14.6 Å². The Morgan fingerprint density at radius 2 is 1.70 bits per heavy atom. The van der Waals surface area contributed by atoms with Crippen molar-refractivity contribution >= 4 is 37.8 Å². The van der Waals surface area contributed by atoms with Crippen LogP contribution in [0.25, 0.3) is 0 Å². The number of hydrogen-bond donors (Lipinski definition) is 1. The van der Waals surface area contributed by atoms with Crippen molar-refractivity contribution in [2.24, 2.45) is 0 Å².